The van der Waals surface area contributed by atoms with E-state index < -0.39 is 0 Å². The first kappa shape index (κ1) is 15.3. The van der Waals surface area contributed by atoms with Crippen LogP contribution in [0.2, 0.25) is 0 Å². The molecule has 20 heavy (non-hydrogen) atoms. The van der Waals surface area contributed by atoms with Gasteiger partial charge in [0.1, 0.15) is 5.75 Å². The van der Waals surface area contributed by atoms with Gasteiger partial charge in [-0.15, -0.1) is 0 Å². The van der Waals surface area contributed by atoms with Crippen molar-refractivity contribution in [2.75, 3.05) is 32.8 Å². The van der Waals surface area contributed by atoms with E-state index in [4.69, 9.17) is 4.74 Å². The van der Waals surface area contributed by atoms with Gasteiger partial charge in [-0.25, -0.2) is 0 Å². The van der Waals surface area contributed by atoms with Crippen LogP contribution in [-0.2, 0) is 0 Å². The minimum Gasteiger partial charge on any atom is -0.494 e. The summed E-state index contributed by atoms with van der Waals surface area (Å²) in [5, 5.41) is 3.44. The lowest BCUT2D eigenvalue weighted by Crippen LogP contribution is -2.46. The van der Waals surface area contributed by atoms with E-state index in [1.165, 1.54) is 12.0 Å². The van der Waals surface area contributed by atoms with Crippen LogP contribution < -0.4 is 10.1 Å². The van der Waals surface area contributed by atoms with Crippen LogP contribution in [0.1, 0.15) is 38.8 Å². The maximum absolute atomic E-state index is 5.67. The largest absolute Gasteiger partial charge is 0.494 e. The van der Waals surface area contributed by atoms with Gasteiger partial charge in [-0.2, -0.15) is 0 Å². The first-order valence-corrected chi connectivity index (χ1v) is 7.93. The summed E-state index contributed by atoms with van der Waals surface area (Å²) in [7, 11) is 0. The van der Waals surface area contributed by atoms with Gasteiger partial charge in [-0.3, -0.25) is 4.90 Å². The molecule has 1 fully saturated rings. The Morgan fingerprint density at radius 1 is 1.25 bits per heavy atom. The molecule has 0 spiro atoms. The topological polar surface area (TPSA) is 24.5 Å². The second-order valence-corrected chi connectivity index (χ2v) is 5.62. The molecule has 112 valence electrons. The van der Waals surface area contributed by atoms with Crippen LogP contribution in [0, 0.1) is 5.92 Å². The average Bonchev–Trinajstić information content (AvgIpc) is 2.49. The van der Waals surface area contributed by atoms with Gasteiger partial charge in [0.25, 0.3) is 0 Å². The number of hydrogen-bond donors (Lipinski definition) is 1. The number of piperazine rings is 1. The molecule has 1 saturated heterocycles. The van der Waals surface area contributed by atoms with Gasteiger partial charge < -0.3 is 10.1 Å². The summed E-state index contributed by atoms with van der Waals surface area (Å²) >= 11 is 0. The summed E-state index contributed by atoms with van der Waals surface area (Å²) < 4.78 is 5.67. The molecular weight excluding hydrogens is 248 g/mol. The van der Waals surface area contributed by atoms with Crippen LogP contribution in [0.25, 0.3) is 0 Å². The van der Waals surface area contributed by atoms with Crippen LogP contribution in [0.15, 0.2) is 24.3 Å². The molecule has 3 heteroatoms. The van der Waals surface area contributed by atoms with Crippen molar-refractivity contribution in [3.63, 3.8) is 0 Å². The molecule has 0 radical (unpaired) electrons. The van der Waals surface area contributed by atoms with Gasteiger partial charge in [0.2, 0.25) is 0 Å². The van der Waals surface area contributed by atoms with Crippen LogP contribution in [0.5, 0.6) is 5.75 Å². The number of hydrogen-bond acceptors (Lipinski definition) is 3. The van der Waals surface area contributed by atoms with Gasteiger partial charge >= 0.3 is 0 Å². The summed E-state index contributed by atoms with van der Waals surface area (Å²) in [6.45, 7) is 11.9. The third-order valence-electron chi connectivity index (χ3n) is 4.24. The lowest BCUT2D eigenvalue weighted by atomic mass is 9.90. The Labute approximate surface area is 123 Å². The maximum Gasteiger partial charge on any atom is 0.119 e. The van der Waals surface area contributed by atoms with E-state index in [0.29, 0.717) is 12.0 Å². The fourth-order valence-electron chi connectivity index (χ4n) is 3.04. The van der Waals surface area contributed by atoms with E-state index in [0.717, 1.165) is 38.5 Å². The second kappa shape index (κ2) is 7.65. The molecule has 1 aliphatic heterocycles. The molecule has 2 atom stereocenters. The zero-order valence-electron chi connectivity index (χ0n) is 13.1. The Bertz CT molecular complexity index is 402. The lowest BCUT2D eigenvalue weighted by molar-refractivity contribution is 0.128. The van der Waals surface area contributed by atoms with E-state index in [2.05, 4.69) is 48.3 Å². The summed E-state index contributed by atoms with van der Waals surface area (Å²) in [5.41, 5.74) is 1.40. The molecule has 1 aromatic carbocycles. The van der Waals surface area contributed by atoms with E-state index in [9.17, 15) is 0 Å². The van der Waals surface area contributed by atoms with Crippen molar-refractivity contribution in [3.05, 3.63) is 29.8 Å². The Morgan fingerprint density at radius 3 is 2.65 bits per heavy atom. The molecule has 0 bridgehead atoms. The molecule has 1 N–H and O–H groups in total. The van der Waals surface area contributed by atoms with Gasteiger partial charge in [0.15, 0.2) is 0 Å². The van der Waals surface area contributed by atoms with Crippen molar-refractivity contribution in [1.29, 1.82) is 0 Å². The summed E-state index contributed by atoms with van der Waals surface area (Å²) in [6, 6.07) is 9.16. The van der Waals surface area contributed by atoms with E-state index in [1.807, 2.05) is 6.92 Å². The normalized spacial score (nSPS) is 19.6. The number of rotatable bonds is 6. The highest BCUT2D eigenvalue weighted by atomic mass is 16.5. The SMILES string of the molecule is CCOc1cccc([C@H](C(C)CC)N2CCNCC2)c1. The molecule has 0 aromatic heterocycles. The molecule has 1 aromatic rings. The quantitative estimate of drug-likeness (QED) is 0.864. The van der Waals surface area contributed by atoms with E-state index in [-0.39, 0.29) is 0 Å². The zero-order valence-corrected chi connectivity index (χ0v) is 13.1. The monoisotopic (exact) mass is 276 g/mol. The second-order valence-electron chi connectivity index (χ2n) is 5.62. The molecular formula is C17H28N2O. The Balaban J connectivity index is 2.22. The number of benzene rings is 1. The van der Waals surface area contributed by atoms with Crippen molar-refractivity contribution in [2.45, 2.75) is 33.2 Å². The third kappa shape index (κ3) is 3.74. The predicted molar refractivity (Wildman–Crippen MR) is 84.2 cm³/mol. The summed E-state index contributed by atoms with van der Waals surface area (Å²) in [5.74, 6) is 1.65. The number of nitrogens with one attached hydrogen (secondary N) is 1. The summed E-state index contributed by atoms with van der Waals surface area (Å²) in [6.07, 6.45) is 1.20. The smallest absolute Gasteiger partial charge is 0.119 e. The van der Waals surface area contributed by atoms with Crippen LogP contribution in [-0.4, -0.2) is 37.7 Å². The highest BCUT2D eigenvalue weighted by Crippen LogP contribution is 2.32. The summed E-state index contributed by atoms with van der Waals surface area (Å²) in [4.78, 5) is 2.62. The van der Waals surface area contributed by atoms with Gasteiger partial charge in [0.05, 0.1) is 6.61 Å². The molecule has 1 unspecified atom stereocenters. The maximum atomic E-state index is 5.67. The highest BCUT2D eigenvalue weighted by Gasteiger charge is 2.26. The van der Waals surface area contributed by atoms with Crippen LogP contribution in [0.4, 0.5) is 0 Å². The number of nitrogens with zero attached hydrogens (tertiary/aromatic N) is 1. The fraction of sp³-hybridized carbons (Fsp3) is 0.647. The van der Waals surface area contributed by atoms with Crippen molar-refractivity contribution < 1.29 is 4.74 Å². The van der Waals surface area contributed by atoms with Crippen molar-refractivity contribution in [3.8, 4) is 5.75 Å². The predicted octanol–water partition coefficient (Wildman–Crippen LogP) is 3.08. The fourth-order valence-corrected chi connectivity index (χ4v) is 3.04. The molecule has 3 nitrogen and oxygen atoms in total. The number of ether oxygens (including phenoxy) is 1. The first-order valence-electron chi connectivity index (χ1n) is 7.93. The van der Waals surface area contributed by atoms with Crippen LogP contribution in [0.3, 0.4) is 0 Å². The standard InChI is InChI=1S/C17H28N2O/c1-4-14(3)17(19-11-9-18-10-12-19)15-7-6-8-16(13-15)20-5-2/h6-8,13-14,17-18H,4-5,9-12H2,1-3H3/t14?,17-/m0/s1. The van der Waals surface area contributed by atoms with Crippen molar-refractivity contribution in [1.82, 2.24) is 10.2 Å². The average molecular weight is 276 g/mol. The van der Waals surface area contributed by atoms with Gasteiger partial charge in [-0.1, -0.05) is 32.4 Å². The Hall–Kier alpha value is -1.06. The minimum absolute atomic E-state index is 0.502. The van der Waals surface area contributed by atoms with Crippen LogP contribution >= 0.6 is 0 Å². The highest BCUT2D eigenvalue weighted by molar-refractivity contribution is 5.31. The molecule has 0 aliphatic carbocycles. The Kier molecular flexibility index (Phi) is 5.86. The zero-order chi connectivity index (χ0) is 14.4. The minimum atomic E-state index is 0.502. The first-order chi connectivity index (χ1) is 9.76. The molecule has 0 amide bonds. The van der Waals surface area contributed by atoms with Crippen molar-refractivity contribution >= 4 is 0 Å². The lowest BCUT2D eigenvalue weighted by Gasteiger charge is -2.38. The van der Waals surface area contributed by atoms with E-state index in [1.54, 1.807) is 0 Å². The van der Waals surface area contributed by atoms with Gasteiger partial charge in [-0.05, 0) is 30.5 Å². The van der Waals surface area contributed by atoms with E-state index >= 15 is 0 Å². The van der Waals surface area contributed by atoms with Gasteiger partial charge in [0, 0.05) is 32.2 Å². The molecule has 2 rings (SSSR count). The molecule has 1 heterocycles. The third-order valence-corrected chi connectivity index (χ3v) is 4.24. The van der Waals surface area contributed by atoms with Crippen molar-refractivity contribution in [2.24, 2.45) is 5.92 Å². The molecule has 1 aliphatic rings. The Morgan fingerprint density at radius 2 is 2.00 bits per heavy atom. The molecule has 0 saturated carbocycles.